The van der Waals surface area contributed by atoms with E-state index in [1.807, 2.05) is 19.1 Å². The standard InChI is InChI=1S/C23H23Cl2N5O3/c1-15-19(14-27-30(15)18-4-2-16(24)3-5-18)22(31)28-17-12-20(25)21(26-13-17)29-8-6-23(7-9-29)32-10-11-33-23/h2-5,12-14H,6-11H2,1H3,(H,28,31). The topological polar surface area (TPSA) is 81.5 Å². The van der Waals surface area contributed by atoms with Crippen LogP contribution in [0.25, 0.3) is 5.69 Å². The smallest absolute Gasteiger partial charge is 0.259 e. The van der Waals surface area contributed by atoms with Crippen LogP contribution in [0.3, 0.4) is 0 Å². The van der Waals surface area contributed by atoms with Gasteiger partial charge in [0, 0.05) is 31.0 Å². The van der Waals surface area contributed by atoms with Gasteiger partial charge in [0.25, 0.3) is 5.91 Å². The van der Waals surface area contributed by atoms with Crippen molar-refractivity contribution < 1.29 is 14.3 Å². The van der Waals surface area contributed by atoms with Crippen molar-refractivity contribution in [3.05, 3.63) is 64.0 Å². The summed E-state index contributed by atoms with van der Waals surface area (Å²) in [4.78, 5) is 19.5. The molecule has 0 atom stereocenters. The van der Waals surface area contributed by atoms with E-state index >= 15 is 0 Å². The number of ether oxygens (including phenoxy) is 2. The molecule has 1 amide bonds. The summed E-state index contributed by atoms with van der Waals surface area (Å²) >= 11 is 12.5. The lowest BCUT2D eigenvalue weighted by Gasteiger charge is -2.38. The zero-order chi connectivity index (χ0) is 23.0. The van der Waals surface area contributed by atoms with Crippen molar-refractivity contribution >= 4 is 40.6 Å². The van der Waals surface area contributed by atoms with Gasteiger partial charge in [-0.1, -0.05) is 23.2 Å². The lowest BCUT2D eigenvalue weighted by molar-refractivity contribution is -0.169. The number of rotatable bonds is 4. The maximum absolute atomic E-state index is 12.9. The van der Waals surface area contributed by atoms with Gasteiger partial charge >= 0.3 is 0 Å². The van der Waals surface area contributed by atoms with Gasteiger partial charge in [-0.25, -0.2) is 9.67 Å². The Labute approximate surface area is 201 Å². The van der Waals surface area contributed by atoms with Crippen LogP contribution in [0.5, 0.6) is 0 Å². The van der Waals surface area contributed by atoms with Crippen LogP contribution in [0.4, 0.5) is 11.5 Å². The highest BCUT2D eigenvalue weighted by Gasteiger charge is 2.40. The summed E-state index contributed by atoms with van der Waals surface area (Å²) < 4.78 is 13.3. The molecule has 172 valence electrons. The molecule has 0 aliphatic carbocycles. The Bertz CT molecular complexity index is 1170. The minimum Gasteiger partial charge on any atom is -0.355 e. The number of carbonyl (C=O) groups is 1. The molecule has 10 heteroatoms. The summed E-state index contributed by atoms with van der Waals surface area (Å²) in [6.07, 6.45) is 4.69. The second-order valence-electron chi connectivity index (χ2n) is 8.11. The number of pyridine rings is 1. The van der Waals surface area contributed by atoms with E-state index in [4.69, 9.17) is 32.7 Å². The minimum absolute atomic E-state index is 0.284. The number of carbonyl (C=O) groups excluding carboxylic acids is 1. The lowest BCUT2D eigenvalue weighted by atomic mass is 10.0. The van der Waals surface area contributed by atoms with Crippen LogP contribution in [0.15, 0.2) is 42.7 Å². The molecule has 8 nitrogen and oxygen atoms in total. The molecule has 0 bridgehead atoms. The lowest BCUT2D eigenvalue weighted by Crippen LogP contribution is -2.45. The van der Waals surface area contributed by atoms with E-state index in [2.05, 4.69) is 20.3 Å². The van der Waals surface area contributed by atoms with Crippen LogP contribution in [0.2, 0.25) is 10.0 Å². The van der Waals surface area contributed by atoms with Gasteiger partial charge in [0.05, 0.1) is 53.3 Å². The number of aromatic nitrogens is 3. The van der Waals surface area contributed by atoms with Crippen molar-refractivity contribution in [3.8, 4) is 5.69 Å². The molecule has 5 rings (SSSR count). The molecular formula is C23H23Cl2N5O3. The fourth-order valence-electron chi connectivity index (χ4n) is 4.25. The van der Waals surface area contributed by atoms with Crippen molar-refractivity contribution in [2.45, 2.75) is 25.6 Å². The van der Waals surface area contributed by atoms with Gasteiger partial charge in [0.15, 0.2) is 5.79 Å². The molecule has 3 aromatic rings. The molecule has 0 radical (unpaired) electrons. The third-order valence-electron chi connectivity index (χ3n) is 6.04. The highest BCUT2D eigenvalue weighted by Crippen LogP contribution is 2.35. The van der Waals surface area contributed by atoms with Gasteiger partial charge in [-0.3, -0.25) is 4.79 Å². The molecule has 2 aliphatic heterocycles. The largest absolute Gasteiger partial charge is 0.355 e. The third-order valence-corrected chi connectivity index (χ3v) is 6.57. The number of anilines is 2. The Morgan fingerprint density at radius 3 is 2.45 bits per heavy atom. The molecule has 0 saturated carbocycles. The van der Waals surface area contributed by atoms with Crippen molar-refractivity contribution in [3.63, 3.8) is 0 Å². The first-order valence-electron chi connectivity index (χ1n) is 10.7. The average Bonchev–Trinajstić information content (AvgIpc) is 3.42. The normalized spacial score (nSPS) is 17.5. The number of amides is 1. The predicted molar refractivity (Wildman–Crippen MR) is 127 cm³/mol. The van der Waals surface area contributed by atoms with E-state index in [-0.39, 0.29) is 5.91 Å². The summed E-state index contributed by atoms with van der Waals surface area (Å²) in [5.41, 5.74) is 2.51. The molecule has 4 heterocycles. The minimum atomic E-state index is -0.453. The van der Waals surface area contributed by atoms with Gasteiger partial charge in [-0.2, -0.15) is 5.10 Å². The van der Waals surface area contributed by atoms with Crippen LogP contribution in [0.1, 0.15) is 28.9 Å². The Hall–Kier alpha value is -2.65. The van der Waals surface area contributed by atoms with Gasteiger partial charge < -0.3 is 19.7 Å². The molecule has 33 heavy (non-hydrogen) atoms. The van der Waals surface area contributed by atoms with Crippen LogP contribution < -0.4 is 10.2 Å². The number of hydrogen-bond acceptors (Lipinski definition) is 6. The third kappa shape index (κ3) is 4.44. The maximum atomic E-state index is 12.9. The van der Waals surface area contributed by atoms with Crippen molar-refractivity contribution in [2.24, 2.45) is 0 Å². The highest BCUT2D eigenvalue weighted by molar-refractivity contribution is 6.33. The number of halogens is 2. The second-order valence-corrected chi connectivity index (χ2v) is 8.95. The Morgan fingerprint density at radius 2 is 1.79 bits per heavy atom. The van der Waals surface area contributed by atoms with E-state index < -0.39 is 5.79 Å². The number of nitrogens with zero attached hydrogens (tertiary/aromatic N) is 4. The number of hydrogen-bond donors (Lipinski definition) is 1. The number of nitrogens with one attached hydrogen (secondary N) is 1. The first kappa shape index (κ1) is 22.2. The summed E-state index contributed by atoms with van der Waals surface area (Å²) in [6, 6.07) is 8.97. The van der Waals surface area contributed by atoms with Gasteiger partial charge in [0.1, 0.15) is 5.82 Å². The number of piperidine rings is 1. The second kappa shape index (κ2) is 8.95. The molecule has 2 fully saturated rings. The first-order chi connectivity index (χ1) is 15.9. The summed E-state index contributed by atoms with van der Waals surface area (Å²) in [5, 5.41) is 8.32. The monoisotopic (exact) mass is 487 g/mol. The highest BCUT2D eigenvalue weighted by atomic mass is 35.5. The van der Waals surface area contributed by atoms with Crippen LogP contribution in [-0.4, -0.2) is 52.8 Å². The fourth-order valence-corrected chi connectivity index (χ4v) is 4.66. The van der Waals surface area contributed by atoms with Crippen molar-refractivity contribution in [2.75, 3.05) is 36.5 Å². The number of benzene rings is 1. The average molecular weight is 488 g/mol. The molecule has 1 spiro atoms. The van der Waals surface area contributed by atoms with Gasteiger partial charge in [-0.15, -0.1) is 0 Å². The summed E-state index contributed by atoms with van der Waals surface area (Å²) in [7, 11) is 0. The first-order valence-corrected chi connectivity index (χ1v) is 11.5. The summed E-state index contributed by atoms with van der Waals surface area (Å²) in [5.74, 6) is -0.0476. The molecule has 2 saturated heterocycles. The molecule has 1 aromatic carbocycles. The van der Waals surface area contributed by atoms with Crippen LogP contribution >= 0.6 is 23.2 Å². The zero-order valence-electron chi connectivity index (χ0n) is 18.1. The quantitative estimate of drug-likeness (QED) is 0.584. The summed E-state index contributed by atoms with van der Waals surface area (Å²) in [6.45, 7) is 4.60. The van der Waals surface area contributed by atoms with E-state index in [1.54, 1.807) is 35.3 Å². The SMILES string of the molecule is Cc1c(C(=O)Nc2cnc(N3CCC4(CC3)OCCO4)c(Cl)c2)cnn1-c1ccc(Cl)cc1. The molecule has 2 aliphatic rings. The Kier molecular flexibility index (Phi) is 6.01. The van der Waals surface area contributed by atoms with E-state index in [1.165, 1.54) is 0 Å². The van der Waals surface area contributed by atoms with Crippen LogP contribution in [0, 0.1) is 6.92 Å². The van der Waals surface area contributed by atoms with Gasteiger partial charge in [0.2, 0.25) is 0 Å². The predicted octanol–water partition coefficient (Wildman–Crippen LogP) is 4.48. The van der Waals surface area contributed by atoms with Gasteiger partial charge in [-0.05, 0) is 37.3 Å². The zero-order valence-corrected chi connectivity index (χ0v) is 19.6. The fraction of sp³-hybridized carbons (Fsp3) is 0.348. The Morgan fingerprint density at radius 1 is 1.09 bits per heavy atom. The Balaban J connectivity index is 1.27. The van der Waals surface area contributed by atoms with E-state index in [0.29, 0.717) is 46.0 Å². The van der Waals surface area contributed by atoms with Crippen molar-refractivity contribution in [1.82, 2.24) is 14.8 Å². The van der Waals surface area contributed by atoms with Crippen LogP contribution in [-0.2, 0) is 9.47 Å². The molecule has 0 unspecified atom stereocenters. The molecular weight excluding hydrogens is 465 g/mol. The molecule has 1 N–H and O–H groups in total. The van der Waals surface area contributed by atoms with E-state index in [0.717, 1.165) is 31.6 Å². The van der Waals surface area contributed by atoms with Crippen molar-refractivity contribution in [1.29, 1.82) is 0 Å². The van der Waals surface area contributed by atoms with E-state index in [9.17, 15) is 4.79 Å². The maximum Gasteiger partial charge on any atom is 0.259 e. The molecule has 2 aromatic heterocycles.